The molecule has 1 aliphatic rings. The maximum atomic E-state index is 12.4. The Morgan fingerprint density at radius 1 is 1.19 bits per heavy atom. The first kappa shape index (κ1) is 17.1. The fourth-order valence-corrected chi connectivity index (χ4v) is 3.46. The van der Waals surface area contributed by atoms with Crippen molar-refractivity contribution in [3.63, 3.8) is 0 Å². The number of hydrogen-bond donors (Lipinski definition) is 1. The van der Waals surface area contributed by atoms with Crippen molar-refractivity contribution < 1.29 is 0 Å². The molecule has 132 valence electrons. The normalized spacial score (nSPS) is 14.2. The molecule has 0 saturated heterocycles. The zero-order valence-corrected chi connectivity index (χ0v) is 15.3. The van der Waals surface area contributed by atoms with Crippen LogP contribution >= 0.6 is 23.2 Å². The van der Waals surface area contributed by atoms with E-state index in [1.807, 2.05) is 6.07 Å². The lowest BCUT2D eigenvalue weighted by Crippen LogP contribution is -2.35. The van der Waals surface area contributed by atoms with Gasteiger partial charge in [0, 0.05) is 47.6 Å². The van der Waals surface area contributed by atoms with Crippen molar-refractivity contribution in [2.24, 2.45) is 0 Å². The van der Waals surface area contributed by atoms with E-state index in [1.54, 1.807) is 24.5 Å². The molecule has 1 N–H and O–H groups in total. The summed E-state index contributed by atoms with van der Waals surface area (Å²) >= 11 is 12.4. The maximum absolute atomic E-state index is 12.4. The van der Waals surface area contributed by atoms with E-state index >= 15 is 0 Å². The van der Waals surface area contributed by atoms with E-state index in [1.165, 1.54) is 6.33 Å². The van der Waals surface area contributed by atoms with Gasteiger partial charge in [0.15, 0.2) is 0 Å². The number of benzene rings is 1. The van der Waals surface area contributed by atoms with Crippen LogP contribution in [0.15, 0.2) is 41.7 Å². The second kappa shape index (κ2) is 7.15. The summed E-state index contributed by atoms with van der Waals surface area (Å²) in [6.45, 7) is 1.98. The number of aromatic nitrogens is 4. The van der Waals surface area contributed by atoms with E-state index in [0.29, 0.717) is 40.9 Å². The van der Waals surface area contributed by atoms with Crippen molar-refractivity contribution in [2.75, 3.05) is 6.54 Å². The lowest BCUT2D eigenvalue weighted by atomic mass is 10.1. The Hall–Kier alpha value is -2.28. The summed E-state index contributed by atoms with van der Waals surface area (Å²) in [4.78, 5) is 30.1. The van der Waals surface area contributed by atoms with Crippen LogP contribution in [0.3, 0.4) is 0 Å². The van der Waals surface area contributed by atoms with Crippen LogP contribution in [0, 0.1) is 0 Å². The Morgan fingerprint density at radius 3 is 2.81 bits per heavy atom. The quantitative estimate of drug-likeness (QED) is 0.747. The van der Waals surface area contributed by atoms with E-state index in [9.17, 15) is 4.79 Å². The molecule has 1 aliphatic heterocycles. The molecular weight excluding hydrogens is 373 g/mol. The van der Waals surface area contributed by atoms with Crippen molar-refractivity contribution in [3.8, 4) is 11.4 Å². The lowest BCUT2D eigenvalue weighted by Gasteiger charge is -2.28. The maximum Gasteiger partial charge on any atom is 0.254 e. The monoisotopic (exact) mass is 387 g/mol. The van der Waals surface area contributed by atoms with Crippen LogP contribution in [0.2, 0.25) is 10.0 Å². The standard InChI is InChI=1S/C18H15Cl2N5O/c19-13-1-2-15(20)11(5-13)8-25-4-3-14-16(9-25)23-17(24-18(14)26)12-6-21-10-22-7-12/h1-2,5-7,10H,3-4,8-9H2,(H,23,24,26). The van der Waals surface area contributed by atoms with Crippen molar-refractivity contribution in [1.29, 1.82) is 0 Å². The number of aromatic amines is 1. The molecule has 3 aromatic rings. The van der Waals surface area contributed by atoms with Gasteiger partial charge in [-0.05, 0) is 30.2 Å². The smallest absolute Gasteiger partial charge is 0.254 e. The number of nitrogens with zero attached hydrogens (tertiary/aromatic N) is 4. The fraction of sp³-hybridized carbons (Fsp3) is 0.222. The van der Waals surface area contributed by atoms with E-state index < -0.39 is 0 Å². The highest BCUT2D eigenvalue weighted by molar-refractivity contribution is 6.33. The number of halogens is 2. The Kier molecular flexibility index (Phi) is 4.72. The average molecular weight is 388 g/mol. The molecule has 6 nitrogen and oxygen atoms in total. The highest BCUT2D eigenvalue weighted by atomic mass is 35.5. The summed E-state index contributed by atoms with van der Waals surface area (Å²) in [5.41, 5.74) is 3.05. The van der Waals surface area contributed by atoms with Crippen LogP contribution in [0.4, 0.5) is 0 Å². The minimum absolute atomic E-state index is 0.103. The molecule has 0 amide bonds. The summed E-state index contributed by atoms with van der Waals surface area (Å²) in [6, 6.07) is 5.44. The molecular formula is C18H15Cl2N5O. The van der Waals surface area contributed by atoms with Crippen molar-refractivity contribution in [2.45, 2.75) is 19.5 Å². The van der Waals surface area contributed by atoms with Crippen LogP contribution in [0.25, 0.3) is 11.4 Å². The zero-order valence-electron chi connectivity index (χ0n) is 13.7. The first-order valence-electron chi connectivity index (χ1n) is 8.14. The molecule has 2 aromatic heterocycles. The SMILES string of the molecule is O=c1[nH]c(-c2cncnc2)nc2c1CCN(Cc1cc(Cl)ccc1Cl)C2. The molecule has 4 rings (SSSR count). The minimum atomic E-state index is -0.103. The molecule has 8 heteroatoms. The number of H-pyrrole nitrogens is 1. The van der Waals surface area contributed by atoms with Gasteiger partial charge in [-0.2, -0.15) is 0 Å². The Morgan fingerprint density at radius 2 is 2.00 bits per heavy atom. The van der Waals surface area contributed by atoms with E-state index in [2.05, 4.69) is 24.8 Å². The second-order valence-corrected chi connectivity index (χ2v) is 7.01. The van der Waals surface area contributed by atoms with Gasteiger partial charge in [0.1, 0.15) is 12.2 Å². The molecule has 0 aliphatic carbocycles. The number of nitrogens with one attached hydrogen (secondary N) is 1. The number of hydrogen-bond acceptors (Lipinski definition) is 5. The van der Waals surface area contributed by atoms with Gasteiger partial charge >= 0.3 is 0 Å². The third-order valence-corrected chi connectivity index (χ3v) is 4.99. The largest absolute Gasteiger partial charge is 0.306 e. The van der Waals surface area contributed by atoms with Crippen LogP contribution < -0.4 is 5.56 Å². The van der Waals surface area contributed by atoms with Gasteiger partial charge in [-0.3, -0.25) is 9.69 Å². The van der Waals surface area contributed by atoms with Crippen molar-refractivity contribution >= 4 is 23.2 Å². The van der Waals surface area contributed by atoms with Gasteiger partial charge in [-0.25, -0.2) is 15.0 Å². The van der Waals surface area contributed by atoms with Gasteiger partial charge in [-0.15, -0.1) is 0 Å². The van der Waals surface area contributed by atoms with E-state index in [4.69, 9.17) is 23.2 Å². The molecule has 1 aromatic carbocycles. The topological polar surface area (TPSA) is 74.8 Å². The van der Waals surface area contributed by atoms with Gasteiger partial charge in [0.25, 0.3) is 5.56 Å². The minimum Gasteiger partial charge on any atom is -0.306 e. The third kappa shape index (κ3) is 3.49. The highest BCUT2D eigenvalue weighted by Gasteiger charge is 2.22. The van der Waals surface area contributed by atoms with Gasteiger partial charge in [-0.1, -0.05) is 23.2 Å². The second-order valence-electron chi connectivity index (χ2n) is 6.16. The van der Waals surface area contributed by atoms with Gasteiger partial charge < -0.3 is 4.98 Å². The van der Waals surface area contributed by atoms with E-state index in [0.717, 1.165) is 23.4 Å². The Labute approximate surface area is 159 Å². The number of rotatable bonds is 3. The summed E-state index contributed by atoms with van der Waals surface area (Å²) in [5.74, 6) is 0.483. The van der Waals surface area contributed by atoms with Crippen LogP contribution in [0.5, 0.6) is 0 Å². The molecule has 0 atom stereocenters. The Bertz CT molecular complexity index is 1010. The molecule has 26 heavy (non-hydrogen) atoms. The first-order valence-corrected chi connectivity index (χ1v) is 8.89. The molecule has 0 radical (unpaired) electrons. The predicted molar refractivity (Wildman–Crippen MR) is 100 cm³/mol. The lowest BCUT2D eigenvalue weighted by molar-refractivity contribution is 0.240. The Balaban J connectivity index is 1.62. The van der Waals surface area contributed by atoms with E-state index in [-0.39, 0.29) is 5.56 Å². The molecule has 0 unspecified atom stereocenters. The van der Waals surface area contributed by atoms with Crippen LogP contribution in [-0.2, 0) is 19.5 Å². The summed E-state index contributed by atoms with van der Waals surface area (Å²) in [7, 11) is 0. The predicted octanol–water partition coefficient (Wildman–Crippen LogP) is 3.09. The molecule has 0 saturated carbocycles. The summed E-state index contributed by atoms with van der Waals surface area (Å²) < 4.78 is 0. The summed E-state index contributed by atoms with van der Waals surface area (Å²) in [6.07, 6.45) is 5.34. The van der Waals surface area contributed by atoms with Crippen molar-refractivity contribution in [3.05, 3.63) is 74.1 Å². The average Bonchev–Trinajstić information content (AvgIpc) is 2.65. The zero-order chi connectivity index (χ0) is 18.1. The molecule has 3 heterocycles. The summed E-state index contributed by atoms with van der Waals surface area (Å²) in [5, 5.41) is 1.34. The third-order valence-electron chi connectivity index (χ3n) is 4.39. The molecule has 0 bridgehead atoms. The van der Waals surface area contributed by atoms with Crippen LogP contribution in [0.1, 0.15) is 16.8 Å². The van der Waals surface area contributed by atoms with Gasteiger partial charge in [0.2, 0.25) is 0 Å². The molecule has 0 spiro atoms. The van der Waals surface area contributed by atoms with Crippen LogP contribution in [-0.4, -0.2) is 31.4 Å². The fourth-order valence-electron chi connectivity index (χ4n) is 3.09. The van der Waals surface area contributed by atoms with Crippen molar-refractivity contribution in [1.82, 2.24) is 24.8 Å². The van der Waals surface area contributed by atoms with Gasteiger partial charge in [0.05, 0.1) is 11.3 Å². The molecule has 0 fully saturated rings. The highest BCUT2D eigenvalue weighted by Crippen LogP contribution is 2.24. The number of fused-ring (bicyclic) bond motifs is 1. The first-order chi connectivity index (χ1) is 12.6.